The fourth-order valence-electron chi connectivity index (χ4n) is 4.79. The molecule has 4 saturated heterocycles. The van der Waals surface area contributed by atoms with E-state index in [0.29, 0.717) is 0 Å². The molecule has 22 heavy (non-hydrogen) atoms. The van der Waals surface area contributed by atoms with Crippen LogP contribution >= 0.6 is 0 Å². The minimum atomic E-state index is 0.108. The van der Waals surface area contributed by atoms with Crippen molar-refractivity contribution in [1.29, 1.82) is 0 Å². The molecule has 4 aliphatic rings. The van der Waals surface area contributed by atoms with Crippen LogP contribution in [0.4, 0.5) is 5.69 Å². The Kier molecular flexibility index (Phi) is 3.69. The van der Waals surface area contributed by atoms with Gasteiger partial charge in [0.2, 0.25) is 0 Å². The van der Waals surface area contributed by atoms with Crippen LogP contribution in [0.1, 0.15) is 37.7 Å². The molecule has 118 valence electrons. The number of hydrogen-bond acceptors (Lipinski definition) is 3. The maximum absolute atomic E-state index is 11.6. The van der Waals surface area contributed by atoms with E-state index in [4.69, 9.17) is 0 Å². The lowest BCUT2D eigenvalue weighted by Gasteiger charge is -2.52. The second kappa shape index (κ2) is 5.69. The number of anilines is 1. The summed E-state index contributed by atoms with van der Waals surface area (Å²) in [7, 11) is 0. The number of hydrogen-bond donors (Lipinski definition) is 0. The summed E-state index contributed by atoms with van der Waals surface area (Å²) in [5.74, 6) is 0.177. The Labute approximate surface area is 133 Å². The molecule has 0 amide bonds. The van der Waals surface area contributed by atoms with E-state index in [2.05, 4.69) is 34.1 Å². The number of aldehydes is 1. The quantitative estimate of drug-likeness (QED) is 0.802. The number of piperidine rings is 4. The molecule has 3 heteroatoms. The monoisotopic (exact) mass is 298 g/mol. The summed E-state index contributed by atoms with van der Waals surface area (Å²) in [6.45, 7) is 5.64. The second-order valence-corrected chi connectivity index (χ2v) is 7.29. The van der Waals surface area contributed by atoms with Crippen molar-refractivity contribution in [3.8, 4) is 0 Å². The molecule has 0 aliphatic carbocycles. The van der Waals surface area contributed by atoms with Crippen LogP contribution in [0.5, 0.6) is 0 Å². The third-order valence-corrected chi connectivity index (χ3v) is 6.24. The average molecular weight is 298 g/mol. The Morgan fingerprint density at radius 1 is 0.955 bits per heavy atom. The third-order valence-electron chi connectivity index (χ3n) is 6.24. The number of benzene rings is 1. The minimum Gasteiger partial charge on any atom is -0.372 e. The highest BCUT2D eigenvalue weighted by molar-refractivity contribution is 5.60. The van der Waals surface area contributed by atoms with Crippen LogP contribution in [0.2, 0.25) is 0 Å². The van der Waals surface area contributed by atoms with E-state index >= 15 is 0 Å². The smallest absolute Gasteiger partial charge is 0.125 e. The standard InChI is InChI=1S/C19H26N2O/c22-15-17-14-20-12-8-19(17,9-13-20)16-4-6-18(7-5-16)21-10-2-1-3-11-21/h4-7,15,17H,1-3,8-14H2. The van der Waals surface area contributed by atoms with E-state index in [-0.39, 0.29) is 11.3 Å². The Balaban J connectivity index is 1.60. The zero-order valence-electron chi connectivity index (χ0n) is 13.3. The van der Waals surface area contributed by atoms with E-state index < -0.39 is 0 Å². The van der Waals surface area contributed by atoms with E-state index in [1.54, 1.807) is 0 Å². The lowest BCUT2D eigenvalue weighted by molar-refractivity contribution is -0.118. The predicted molar refractivity (Wildman–Crippen MR) is 89.4 cm³/mol. The van der Waals surface area contributed by atoms with Crippen molar-refractivity contribution in [2.75, 3.05) is 37.6 Å². The molecule has 1 aromatic rings. The van der Waals surface area contributed by atoms with Gasteiger partial charge in [-0.2, -0.15) is 0 Å². The van der Waals surface area contributed by atoms with Crippen molar-refractivity contribution >= 4 is 12.0 Å². The summed E-state index contributed by atoms with van der Waals surface area (Å²) in [5, 5.41) is 0. The number of rotatable bonds is 3. The van der Waals surface area contributed by atoms with E-state index in [1.807, 2.05) is 0 Å². The van der Waals surface area contributed by atoms with E-state index in [1.165, 1.54) is 49.9 Å². The largest absolute Gasteiger partial charge is 0.372 e. The second-order valence-electron chi connectivity index (χ2n) is 7.29. The summed E-state index contributed by atoms with van der Waals surface area (Å²) < 4.78 is 0. The van der Waals surface area contributed by atoms with Gasteiger partial charge in [0.15, 0.2) is 0 Å². The van der Waals surface area contributed by atoms with Gasteiger partial charge in [0, 0.05) is 36.7 Å². The summed E-state index contributed by atoms with van der Waals surface area (Å²) in [6, 6.07) is 9.19. The Hall–Kier alpha value is -1.35. The molecule has 4 heterocycles. The van der Waals surface area contributed by atoms with Gasteiger partial charge >= 0.3 is 0 Å². The van der Waals surface area contributed by atoms with Crippen LogP contribution in [0.15, 0.2) is 24.3 Å². The van der Waals surface area contributed by atoms with Gasteiger partial charge in [0.1, 0.15) is 6.29 Å². The highest BCUT2D eigenvalue weighted by Crippen LogP contribution is 2.46. The first-order valence-electron chi connectivity index (χ1n) is 8.85. The SMILES string of the molecule is O=CC1CN2CCC1(c1ccc(N3CCCCC3)cc1)CC2. The first-order chi connectivity index (χ1) is 10.8. The molecule has 1 atom stereocenters. The molecule has 5 rings (SSSR count). The fraction of sp³-hybridized carbons (Fsp3) is 0.632. The highest BCUT2D eigenvalue weighted by Gasteiger charge is 2.47. The van der Waals surface area contributed by atoms with Crippen molar-refractivity contribution in [1.82, 2.24) is 4.90 Å². The first kappa shape index (κ1) is 14.3. The third kappa shape index (κ3) is 2.26. The van der Waals surface area contributed by atoms with E-state index in [0.717, 1.165) is 32.5 Å². The lowest BCUT2D eigenvalue weighted by Crippen LogP contribution is -2.57. The molecule has 1 aromatic carbocycles. The maximum atomic E-state index is 11.6. The van der Waals surface area contributed by atoms with Gasteiger partial charge in [-0.3, -0.25) is 0 Å². The number of carbonyl (C=O) groups is 1. The number of fused-ring (bicyclic) bond motifs is 3. The molecule has 1 unspecified atom stereocenters. The maximum Gasteiger partial charge on any atom is 0.125 e. The molecule has 2 bridgehead atoms. The molecular weight excluding hydrogens is 272 g/mol. The van der Waals surface area contributed by atoms with E-state index in [9.17, 15) is 4.79 Å². The molecule has 4 aliphatic heterocycles. The van der Waals surface area contributed by atoms with Crippen molar-refractivity contribution in [2.45, 2.75) is 37.5 Å². The minimum absolute atomic E-state index is 0.108. The van der Waals surface area contributed by atoms with Gasteiger partial charge in [-0.05, 0) is 62.9 Å². The predicted octanol–water partition coefficient (Wildman–Crippen LogP) is 2.84. The lowest BCUT2D eigenvalue weighted by atomic mass is 9.61. The molecule has 0 saturated carbocycles. The van der Waals surface area contributed by atoms with Gasteiger partial charge < -0.3 is 14.6 Å². The zero-order chi connectivity index (χ0) is 15.0. The van der Waals surface area contributed by atoms with Gasteiger partial charge in [0.25, 0.3) is 0 Å². The summed E-state index contributed by atoms with van der Waals surface area (Å²) in [4.78, 5) is 16.6. The summed E-state index contributed by atoms with van der Waals surface area (Å²) in [6.07, 6.45) is 7.49. The van der Waals surface area contributed by atoms with Crippen molar-refractivity contribution < 1.29 is 4.79 Å². The Bertz CT molecular complexity index is 525. The van der Waals surface area contributed by atoms with Crippen LogP contribution in [0.25, 0.3) is 0 Å². The molecule has 0 spiro atoms. The van der Waals surface area contributed by atoms with Crippen LogP contribution < -0.4 is 4.90 Å². The van der Waals surface area contributed by atoms with Crippen molar-refractivity contribution in [3.63, 3.8) is 0 Å². The highest BCUT2D eigenvalue weighted by atomic mass is 16.1. The Morgan fingerprint density at radius 3 is 2.27 bits per heavy atom. The summed E-state index contributed by atoms with van der Waals surface area (Å²) >= 11 is 0. The van der Waals surface area contributed by atoms with Crippen molar-refractivity contribution in [2.24, 2.45) is 5.92 Å². The molecule has 3 nitrogen and oxygen atoms in total. The average Bonchev–Trinajstić information content (AvgIpc) is 2.63. The topological polar surface area (TPSA) is 23.6 Å². The number of nitrogens with zero attached hydrogens (tertiary/aromatic N) is 2. The van der Waals surface area contributed by atoms with Gasteiger partial charge in [-0.15, -0.1) is 0 Å². The molecule has 0 N–H and O–H groups in total. The van der Waals surface area contributed by atoms with Crippen LogP contribution in [0, 0.1) is 5.92 Å². The summed E-state index contributed by atoms with van der Waals surface area (Å²) in [5.41, 5.74) is 2.86. The number of carbonyl (C=O) groups excluding carboxylic acids is 1. The zero-order valence-corrected chi connectivity index (χ0v) is 13.3. The molecule has 4 fully saturated rings. The van der Waals surface area contributed by atoms with Crippen LogP contribution in [-0.4, -0.2) is 43.9 Å². The fourth-order valence-corrected chi connectivity index (χ4v) is 4.79. The molecule has 0 aromatic heterocycles. The van der Waals surface area contributed by atoms with Gasteiger partial charge in [-0.25, -0.2) is 0 Å². The van der Waals surface area contributed by atoms with Crippen LogP contribution in [-0.2, 0) is 10.2 Å². The van der Waals surface area contributed by atoms with Crippen molar-refractivity contribution in [3.05, 3.63) is 29.8 Å². The molecular formula is C19H26N2O. The molecule has 0 radical (unpaired) electrons. The Morgan fingerprint density at radius 2 is 1.64 bits per heavy atom. The van der Waals surface area contributed by atoms with Gasteiger partial charge in [0.05, 0.1) is 0 Å². The normalized spacial score (nSPS) is 34.6. The first-order valence-corrected chi connectivity index (χ1v) is 8.85. The van der Waals surface area contributed by atoms with Crippen LogP contribution in [0.3, 0.4) is 0 Å². The van der Waals surface area contributed by atoms with Gasteiger partial charge in [-0.1, -0.05) is 12.1 Å².